The van der Waals surface area contributed by atoms with E-state index in [1.54, 1.807) is 18.2 Å². The van der Waals surface area contributed by atoms with Crippen molar-refractivity contribution in [2.45, 2.75) is 19.8 Å². The molecule has 0 atom stereocenters. The topological polar surface area (TPSA) is 71.4 Å². The molecule has 0 saturated carbocycles. The van der Waals surface area contributed by atoms with Crippen LogP contribution in [0, 0.1) is 6.92 Å². The minimum absolute atomic E-state index is 0.0754. The Labute approximate surface area is 157 Å². The van der Waals surface area contributed by atoms with Crippen LogP contribution in [0.4, 0.5) is 0 Å². The zero-order valence-corrected chi connectivity index (χ0v) is 15.3. The van der Waals surface area contributed by atoms with Gasteiger partial charge in [-0.1, -0.05) is 35.9 Å². The van der Waals surface area contributed by atoms with E-state index < -0.39 is 11.9 Å². The number of aliphatic carboxylic acids is 1. The van der Waals surface area contributed by atoms with Crippen LogP contribution in [-0.4, -0.2) is 23.6 Å². The number of carbonyl (C=O) groups excluding carboxylic acids is 2. The first kappa shape index (κ1) is 18.5. The summed E-state index contributed by atoms with van der Waals surface area (Å²) in [6, 6.07) is 19.1. The maximum Gasteiger partial charge on any atom is 0.337 e. The average Bonchev–Trinajstić information content (AvgIpc) is 3.10. The fourth-order valence-electron chi connectivity index (χ4n) is 3.05. The van der Waals surface area contributed by atoms with Gasteiger partial charge < -0.3 is 19.2 Å². The number of methoxy groups -OCH3 is 1. The lowest BCUT2D eigenvalue weighted by Crippen LogP contribution is -2.22. The molecule has 3 aromatic rings. The van der Waals surface area contributed by atoms with Crippen molar-refractivity contribution in [3.8, 4) is 16.9 Å². The second kappa shape index (κ2) is 7.91. The SMILES string of the molecule is COC(=O)c1cccc(-n2c(CCC(=O)[O-])ccc2-c2ccc(C)cc2)c1. The van der Waals surface area contributed by atoms with E-state index in [-0.39, 0.29) is 6.42 Å². The second-order valence-corrected chi connectivity index (χ2v) is 6.33. The first-order chi connectivity index (χ1) is 13.0. The van der Waals surface area contributed by atoms with Gasteiger partial charge in [-0.05, 0) is 55.7 Å². The summed E-state index contributed by atoms with van der Waals surface area (Å²) in [5.74, 6) is -1.51. The number of benzene rings is 2. The van der Waals surface area contributed by atoms with Gasteiger partial charge in [0.05, 0.1) is 18.4 Å². The Morgan fingerprint density at radius 1 is 1.04 bits per heavy atom. The number of ether oxygens (including phenoxy) is 1. The van der Waals surface area contributed by atoms with Gasteiger partial charge >= 0.3 is 5.97 Å². The van der Waals surface area contributed by atoms with Crippen LogP contribution in [0.2, 0.25) is 0 Å². The Morgan fingerprint density at radius 3 is 2.44 bits per heavy atom. The van der Waals surface area contributed by atoms with E-state index in [0.29, 0.717) is 12.0 Å². The molecule has 0 bridgehead atoms. The first-order valence-corrected chi connectivity index (χ1v) is 8.66. The molecule has 3 rings (SSSR count). The molecule has 1 heterocycles. The Bertz CT molecular complexity index is 970. The van der Waals surface area contributed by atoms with Gasteiger partial charge in [-0.15, -0.1) is 0 Å². The van der Waals surface area contributed by atoms with Gasteiger partial charge in [-0.3, -0.25) is 0 Å². The van der Waals surface area contributed by atoms with Gasteiger partial charge in [0.25, 0.3) is 0 Å². The highest BCUT2D eigenvalue weighted by Gasteiger charge is 2.14. The molecule has 0 aliphatic rings. The summed E-state index contributed by atoms with van der Waals surface area (Å²) >= 11 is 0. The van der Waals surface area contributed by atoms with Crippen LogP contribution in [0.25, 0.3) is 16.9 Å². The molecular weight excluding hydrogens is 342 g/mol. The Balaban J connectivity index is 2.13. The van der Waals surface area contributed by atoms with Crippen LogP contribution in [0.1, 0.15) is 28.0 Å². The molecule has 0 spiro atoms. The van der Waals surface area contributed by atoms with E-state index in [0.717, 1.165) is 28.2 Å². The summed E-state index contributed by atoms with van der Waals surface area (Å²) in [7, 11) is 1.34. The van der Waals surface area contributed by atoms with Gasteiger partial charge in [0.15, 0.2) is 0 Å². The molecule has 0 aliphatic carbocycles. The Kier molecular flexibility index (Phi) is 5.41. The highest BCUT2D eigenvalue weighted by atomic mass is 16.5. The molecule has 27 heavy (non-hydrogen) atoms. The third kappa shape index (κ3) is 4.08. The lowest BCUT2D eigenvalue weighted by atomic mass is 10.1. The van der Waals surface area contributed by atoms with E-state index in [4.69, 9.17) is 4.74 Å². The molecule has 0 radical (unpaired) electrons. The van der Waals surface area contributed by atoms with Crippen LogP contribution in [0.5, 0.6) is 0 Å². The van der Waals surface area contributed by atoms with Crippen molar-refractivity contribution in [1.82, 2.24) is 4.57 Å². The normalized spacial score (nSPS) is 10.6. The predicted octanol–water partition coefficient (Wildman–Crippen LogP) is 2.92. The molecule has 0 N–H and O–H groups in total. The molecular formula is C22H20NO4-. The molecule has 0 unspecified atom stereocenters. The minimum atomic E-state index is -1.09. The number of hydrogen-bond acceptors (Lipinski definition) is 4. The van der Waals surface area contributed by atoms with Crippen molar-refractivity contribution < 1.29 is 19.4 Å². The number of carboxylic acids is 1. The highest BCUT2D eigenvalue weighted by Crippen LogP contribution is 2.28. The monoisotopic (exact) mass is 362 g/mol. The van der Waals surface area contributed by atoms with Crippen LogP contribution in [0.15, 0.2) is 60.7 Å². The molecule has 5 nitrogen and oxygen atoms in total. The Morgan fingerprint density at radius 2 is 1.78 bits per heavy atom. The molecule has 0 aliphatic heterocycles. The fourth-order valence-corrected chi connectivity index (χ4v) is 3.05. The molecule has 0 amide bonds. The molecule has 2 aromatic carbocycles. The van der Waals surface area contributed by atoms with Gasteiger partial charge in [-0.2, -0.15) is 0 Å². The molecule has 0 saturated heterocycles. The van der Waals surface area contributed by atoms with Crippen molar-refractivity contribution in [2.75, 3.05) is 7.11 Å². The standard InChI is InChI=1S/C22H21NO4/c1-15-6-8-16(9-7-15)20-12-10-18(11-13-21(24)25)23(20)19-5-3-4-17(14-19)22(26)27-2/h3-10,12,14H,11,13H2,1-2H3,(H,24,25)/p-1. The average molecular weight is 362 g/mol. The van der Waals surface area contributed by atoms with E-state index in [9.17, 15) is 14.7 Å². The number of nitrogens with zero attached hydrogens (tertiary/aromatic N) is 1. The third-order valence-electron chi connectivity index (χ3n) is 4.42. The lowest BCUT2D eigenvalue weighted by molar-refractivity contribution is -0.305. The third-order valence-corrected chi connectivity index (χ3v) is 4.42. The zero-order chi connectivity index (χ0) is 19.4. The maximum atomic E-state index is 11.9. The van der Waals surface area contributed by atoms with Crippen molar-refractivity contribution in [3.63, 3.8) is 0 Å². The van der Waals surface area contributed by atoms with Crippen LogP contribution in [0.3, 0.4) is 0 Å². The molecule has 138 valence electrons. The quantitative estimate of drug-likeness (QED) is 0.632. The van der Waals surface area contributed by atoms with Gasteiger partial charge in [0.1, 0.15) is 0 Å². The second-order valence-electron chi connectivity index (χ2n) is 6.33. The first-order valence-electron chi connectivity index (χ1n) is 8.66. The van der Waals surface area contributed by atoms with E-state index in [1.807, 2.05) is 54.0 Å². The minimum Gasteiger partial charge on any atom is -0.550 e. The van der Waals surface area contributed by atoms with Gasteiger partial charge in [-0.25, -0.2) is 4.79 Å². The Hall–Kier alpha value is -3.34. The maximum absolute atomic E-state index is 11.9. The number of esters is 1. The zero-order valence-electron chi connectivity index (χ0n) is 15.3. The van der Waals surface area contributed by atoms with Crippen LogP contribution >= 0.6 is 0 Å². The molecule has 0 fully saturated rings. The summed E-state index contributed by atoms with van der Waals surface area (Å²) in [5.41, 5.74) is 5.11. The smallest absolute Gasteiger partial charge is 0.337 e. The number of hydrogen-bond donors (Lipinski definition) is 0. The molecule has 1 aromatic heterocycles. The number of aromatic nitrogens is 1. The van der Waals surface area contributed by atoms with Gasteiger partial charge in [0, 0.05) is 17.4 Å². The van der Waals surface area contributed by atoms with Crippen LogP contribution in [-0.2, 0) is 16.0 Å². The summed E-state index contributed by atoms with van der Waals surface area (Å²) in [4.78, 5) is 22.8. The number of carboxylic acid groups (broad SMARTS) is 1. The number of carbonyl (C=O) groups is 2. The fraction of sp³-hybridized carbons (Fsp3) is 0.182. The van der Waals surface area contributed by atoms with Crippen molar-refractivity contribution in [1.29, 1.82) is 0 Å². The van der Waals surface area contributed by atoms with E-state index in [2.05, 4.69) is 0 Å². The van der Waals surface area contributed by atoms with E-state index in [1.165, 1.54) is 7.11 Å². The summed E-state index contributed by atoms with van der Waals surface area (Å²) in [6.45, 7) is 2.02. The van der Waals surface area contributed by atoms with Gasteiger partial charge in [0.2, 0.25) is 0 Å². The lowest BCUT2D eigenvalue weighted by Gasteiger charge is -2.15. The highest BCUT2D eigenvalue weighted by molar-refractivity contribution is 5.90. The largest absolute Gasteiger partial charge is 0.550 e. The number of aryl methyl sites for hydroxylation is 2. The summed E-state index contributed by atoms with van der Waals surface area (Å²) in [6.07, 6.45) is 0.255. The van der Waals surface area contributed by atoms with Crippen molar-refractivity contribution in [3.05, 3.63) is 77.5 Å². The predicted molar refractivity (Wildman–Crippen MR) is 101 cm³/mol. The van der Waals surface area contributed by atoms with Crippen LogP contribution < -0.4 is 5.11 Å². The van der Waals surface area contributed by atoms with E-state index >= 15 is 0 Å². The summed E-state index contributed by atoms with van der Waals surface area (Å²) < 4.78 is 6.78. The molecule has 5 heteroatoms. The number of rotatable bonds is 6. The summed E-state index contributed by atoms with van der Waals surface area (Å²) in [5, 5.41) is 10.9. The van der Waals surface area contributed by atoms with Crippen molar-refractivity contribution in [2.24, 2.45) is 0 Å². The van der Waals surface area contributed by atoms with Crippen molar-refractivity contribution >= 4 is 11.9 Å².